The van der Waals surface area contributed by atoms with Crippen molar-refractivity contribution in [2.24, 2.45) is 5.41 Å². The Kier molecular flexibility index (Phi) is 6.93. The van der Waals surface area contributed by atoms with E-state index in [0.717, 1.165) is 55.6 Å². The second kappa shape index (κ2) is 9.42. The minimum atomic E-state index is -0.382. The highest BCUT2D eigenvalue weighted by molar-refractivity contribution is 5.82. The summed E-state index contributed by atoms with van der Waals surface area (Å²) in [5.41, 5.74) is 1.54. The van der Waals surface area contributed by atoms with Gasteiger partial charge in [0.05, 0.1) is 11.0 Å². The maximum Gasteiger partial charge on any atom is 0.242 e. The third-order valence-electron chi connectivity index (χ3n) is 5.53. The van der Waals surface area contributed by atoms with E-state index in [9.17, 15) is 9.59 Å². The molecule has 2 aromatic rings. The number of nitrogens with zero attached hydrogens (tertiary/aromatic N) is 3. The Labute approximate surface area is 173 Å². The van der Waals surface area contributed by atoms with E-state index in [0.29, 0.717) is 13.1 Å². The predicted molar refractivity (Wildman–Crippen MR) is 116 cm³/mol. The normalized spacial score (nSPS) is 15.3. The van der Waals surface area contributed by atoms with Crippen molar-refractivity contribution in [1.82, 2.24) is 19.8 Å². The molecule has 2 heterocycles. The molecule has 29 heavy (non-hydrogen) atoms. The fourth-order valence-corrected chi connectivity index (χ4v) is 3.76. The molecule has 1 N–H and O–H groups in total. The van der Waals surface area contributed by atoms with Gasteiger partial charge in [-0.05, 0) is 31.4 Å². The quantitative estimate of drug-likeness (QED) is 0.757. The fraction of sp³-hybridized carbons (Fsp3) is 0.609. The highest BCUT2D eigenvalue weighted by atomic mass is 16.2. The van der Waals surface area contributed by atoms with Crippen LogP contribution in [0.15, 0.2) is 24.3 Å². The molecule has 3 rings (SSSR count). The molecular formula is C23H34N4O2. The zero-order valence-corrected chi connectivity index (χ0v) is 18.0. The summed E-state index contributed by atoms with van der Waals surface area (Å²) in [5, 5.41) is 2.99. The number of para-hydroxylation sites is 2. The van der Waals surface area contributed by atoms with Crippen LogP contribution in [0.2, 0.25) is 0 Å². The van der Waals surface area contributed by atoms with Crippen LogP contribution in [0.4, 0.5) is 0 Å². The van der Waals surface area contributed by atoms with Crippen LogP contribution < -0.4 is 5.32 Å². The predicted octanol–water partition coefficient (Wildman–Crippen LogP) is 3.53. The number of fused-ring (bicyclic) bond motifs is 1. The molecule has 6 heteroatoms. The van der Waals surface area contributed by atoms with E-state index in [4.69, 9.17) is 4.98 Å². The smallest absolute Gasteiger partial charge is 0.242 e. The molecule has 0 radical (unpaired) electrons. The number of benzene rings is 1. The first-order valence-corrected chi connectivity index (χ1v) is 10.9. The van der Waals surface area contributed by atoms with Crippen molar-refractivity contribution in [2.45, 2.75) is 65.8 Å². The van der Waals surface area contributed by atoms with Gasteiger partial charge in [-0.3, -0.25) is 9.59 Å². The Morgan fingerprint density at radius 1 is 1.07 bits per heavy atom. The van der Waals surface area contributed by atoms with Gasteiger partial charge in [-0.1, -0.05) is 45.7 Å². The fourth-order valence-electron chi connectivity index (χ4n) is 3.76. The maximum absolute atomic E-state index is 13.0. The summed E-state index contributed by atoms with van der Waals surface area (Å²) in [5.74, 6) is 1.15. The van der Waals surface area contributed by atoms with Crippen molar-refractivity contribution in [3.63, 3.8) is 0 Å². The first kappa shape index (κ1) is 21.3. The number of hydrogen-bond donors (Lipinski definition) is 1. The zero-order chi connectivity index (χ0) is 20.9. The first-order chi connectivity index (χ1) is 13.9. The molecular weight excluding hydrogens is 364 g/mol. The average Bonchev–Trinajstić information content (AvgIpc) is 2.85. The maximum atomic E-state index is 13.0. The highest BCUT2D eigenvalue weighted by Gasteiger charge is 2.21. The molecule has 0 unspecified atom stereocenters. The van der Waals surface area contributed by atoms with E-state index in [1.165, 1.54) is 12.8 Å². The molecule has 1 aliphatic rings. The lowest BCUT2D eigenvalue weighted by molar-refractivity contribution is -0.131. The largest absolute Gasteiger partial charge is 0.356 e. The van der Waals surface area contributed by atoms with E-state index < -0.39 is 0 Å². The van der Waals surface area contributed by atoms with Gasteiger partial charge in [0.2, 0.25) is 11.8 Å². The summed E-state index contributed by atoms with van der Waals surface area (Å²) in [6.45, 7) is 8.41. The number of aromatic nitrogens is 2. The third-order valence-corrected chi connectivity index (χ3v) is 5.53. The Hall–Kier alpha value is -2.37. The lowest BCUT2D eigenvalue weighted by atomic mass is 9.96. The summed E-state index contributed by atoms with van der Waals surface area (Å²) in [4.78, 5) is 31.8. The summed E-state index contributed by atoms with van der Waals surface area (Å²) in [6, 6.07) is 7.99. The molecule has 0 atom stereocenters. The van der Waals surface area contributed by atoms with Gasteiger partial charge < -0.3 is 14.8 Å². The molecule has 6 nitrogen and oxygen atoms in total. The Morgan fingerprint density at radius 3 is 2.45 bits per heavy atom. The standard InChI is InChI=1S/C23H34N4O2/c1-23(2,3)22(29)24-14-10-13-20-25-18-11-6-7-12-19(18)27(20)17-21(28)26-15-8-4-5-9-16-26/h6-7,11-12H,4-5,8-10,13-17H2,1-3H3,(H,24,29). The van der Waals surface area contributed by atoms with Crippen LogP contribution in [-0.4, -0.2) is 45.9 Å². The van der Waals surface area contributed by atoms with Gasteiger partial charge in [-0.25, -0.2) is 4.98 Å². The SMILES string of the molecule is CC(C)(C)C(=O)NCCCc1nc2ccccc2n1CC(=O)N1CCCCCC1. The minimum absolute atomic E-state index is 0.0577. The Bertz CT molecular complexity index is 842. The second-order valence-electron chi connectivity index (χ2n) is 9.01. The van der Waals surface area contributed by atoms with Gasteiger partial charge in [0.15, 0.2) is 0 Å². The van der Waals surface area contributed by atoms with Crippen LogP contribution in [0.3, 0.4) is 0 Å². The van der Waals surface area contributed by atoms with Gasteiger partial charge >= 0.3 is 0 Å². The number of imidazole rings is 1. The van der Waals surface area contributed by atoms with E-state index in [1.54, 1.807) is 0 Å². The van der Waals surface area contributed by atoms with E-state index >= 15 is 0 Å². The van der Waals surface area contributed by atoms with Gasteiger partial charge in [-0.2, -0.15) is 0 Å². The summed E-state index contributed by atoms with van der Waals surface area (Å²) in [7, 11) is 0. The van der Waals surface area contributed by atoms with Crippen LogP contribution in [-0.2, 0) is 22.6 Å². The molecule has 0 aliphatic carbocycles. The molecule has 1 fully saturated rings. The van der Waals surface area contributed by atoms with Crippen molar-refractivity contribution in [1.29, 1.82) is 0 Å². The van der Waals surface area contributed by atoms with Gasteiger partial charge in [0.25, 0.3) is 0 Å². The molecule has 0 saturated carbocycles. The number of carbonyl (C=O) groups excluding carboxylic acids is 2. The minimum Gasteiger partial charge on any atom is -0.356 e. The number of nitrogens with one attached hydrogen (secondary N) is 1. The van der Waals surface area contributed by atoms with E-state index in [2.05, 4.69) is 9.88 Å². The number of hydrogen-bond acceptors (Lipinski definition) is 3. The van der Waals surface area contributed by atoms with E-state index in [-0.39, 0.29) is 17.2 Å². The van der Waals surface area contributed by atoms with Gasteiger partial charge in [-0.15, -0.1) is 0 Å². The Morgan fingerprint density at radius 2 is 1.76 bits per heavy atom. The molecule has 0 bridgehead atoms. The van der Waals surface area contributed by atoms with Crippen molar-refractivity contribution in [2.75, 3.05) is 19.6 Å². The number of amides is 2. The van der Waals surface area contributed by atoms with Crippen LogP contribution in [0.1, 0.15) is 58.7 Å². The van der Waals surface area contributed by atoms with Crippen LogP contribution >= 0.6 is 0 Å². The summed E-state index contributed by atoms with van der Waals surface area (Å²) < 4.78 is 2.06. The summed E-state index contributed by atoms with van der Waals surface area (Å²) in [6.07, 6.45) is 6.13. The van der Waals surface area contributed by atoms with Crippen molar-refractivity contribution in [3.05, 3.63) is 30.1 Å². The number of aryl methyl sites for hydroxylation is 1. The summed E-state index contributed by atoms with van der Waals surface area (Å²) >= 11 is 0. The van der Waals surface area contributed by atoms with E-state index in [1.807, 2.05) is 49.9 Å². The molecule has 2 amide bonds. The average molecular weight is 399 g/mol. The van der Waals surface area contributed by atoms with Crippen molar-refractivity contribution >= 4 is 22.8 Å². The lowest BCUT2D eigenvalue weighted by Crippen LogP contribution is -2.36. The Balaban J connectivity index is 1.69. The molecule has 1 aromatic heterocycles. The third kappa shape index (κ3) is 5.58. The molecule has 1 saturated heterocycles. The monoisotopic (exact) mass is 398 g/mol. The molecule has 1 aliphatic heterocycles. The highest BCUT2D eigenvalue weighted by Crippen LogP contribution is 2.19. The lowest BCUT2D eigenvalue weighted by Gasteiger charge is -2.21. The molecule has 158 valence electrons. The number of rotatable bonds is 6. The second-order valence-corrected chi connectivity index (χ2v) is 9.01. The number of likely N-dealkylation sites (tertiary alicyclic amines) is 1. The molecule has 1 aromatic carbocycles. The molecule has 0 spiro atoms. The van der Waals surface area contributed by atoms with Gasteiger partial charge in [0.1, 0.15) is 12.4 Å². The number of carbonyl (C=O) groups is 2. The van der Waals surface area contributed by atoms with Crippen molar-refractivity contribution in [3.8, 4) is 0 Å². The van der Waals surface area contributed by atoms with Crippen LogP contribution in [0.5, 0.6) is 0 Å². The van der Waals surface area contributed by atoms with Crippen molar-refractivity contribution < 1.29 is 9.59 Å². The van der Waals surface area contributed by atoms with Crippen LogP contribution in [0, 0.1) is 5.41 Å². The zero-order valence-electron chi connectivity index (χ0n) is 18.0. The topological polar surface area (TPSA) is 67.2 Å². The van der Waals surface area contributed by atoms with Gasteiger partial charge in [0, 0.05) is 31.5 Å². The first-order valence-electron chi connectivity index (χ1n) is 10.9. The van der Waals surface area contributed by atoms with Crippen LogP contribution in [0.25, 0.3) is 11.0 Å².